The first-order chi connectivity index (χ1) is 10.8. The maximum atomic E-state index is 4.63. The first-order valence-corrected chi connectivity index (χ1v) is 8.64. The van der Waals surface area contributed by atoms with Crippen molar-refractivity contribution in [1.29, 1.82) is 0 Å². The second-order valence-corrected chi connectivity index (χ2v) is 7.37. The van der Waals surface area contributed by atoms with Crippen molar-refractivity contribution in [2.75, 3.05) is 18.0 Å². The van der Waals surface area contributed by atoms with Crippen LogP contribution in [0, 0.1) is 11.3 Å². The maximum absolute atomic E-state index is 4.63. The van der Waals surface area contributed by atoms with Crippen LogP contribution in [0.1, 0.15) is 19.8 Å². The Balaban J connectivity index is 1.64. The zero-order valence-electron chi connectivity index (χ0n) is 12.4. The largest absolute Gasteiger partial charge is 0.355 e. The molecule has 0 aromatic carbocycles. The van der Waals surface area contributed by atoms with Crippen molar-refractivity contribution in [3.05, 3.63) is 24.2 Å². The quantitative estimate of drug-likeness (QED) is 0.806. The third kappa shape index (κ3) is 1.61. The SMILES string of the molecule is CCC12CC1CN(c1ncnc3[nH]cc(-c4cncs4)c13)C2. The number of nitrogens with zero attached hydrogens (tertiary/aromatic N) is 4. The fourth-order valence-corrected chi connectivity index (χ4v) is 4.67. The van der Waals surface area contributed by atoms with Gasteiger partial charge in [0.15, 0.2) is 0 Å². The van der Waals surface area contributed by atoms with Crippen LogP contribution in [-0.2, 0) is 0 Å². The molecule has 4 heterocycles. The zero-order chi connectivity index (χ0) is 14.7. The topological polar surface area (TPSA) is 57.7 Å². The van der Waals surface area contributed by atoms with Gasteiger partial charge in [-0.15, -0.1) is 11.3 Å². The van der Waals surface area contributed by atoms with Gasteiger partial charge in [0.05, 0.1) is 15.8 Å². The minimum Gasteiger partial charge on any atom is -0.355 e. The van der Waals surface area contributed by atoms with E-state index in [-0.39, 0.29) is 0 Å². The summed E-state index contributed by atoms with van der Waals surface area (Å²) in [6, 6.07) is 0. The Labute approximate surface area is 132 Å². The molecule has 5 rings (SSSR count). The Bertz CT molecular complexity index is 835. The number of nitrogens with one attached hydrogen (secondary N) is 1. The number of rotatable bonds is 3. The van der Waals surface area contributed by atoms with Gasteiger partial charge in [-0.05, 0) is 24.2 Å². The van der Waals surface area contributed by atoms with E-state index in [1.165, 1.54) is 18.4 Å². The Morgan fingerprint density at radius 1 is 1.45 bits per heavy atom. The van der Waals surface area contributed by atoms with Gasteiger partial charge in [0, 0.05) is 31.0 Å². The molecule has 22 heavy (non-hydrogen) atoms. The molecule has 1 saturated heterocycles. The maximum Gasteiger partial charge on any atom is 0.143 e. The van der Waals surface area contributed by atoms with E-state index in [0.29, 0.717) is 5.41 Å². The van der Waals surface area contributed by atoms with Gasteiger partial charge in [0.2, 0.25) is 0 Å². The van der Waals surface area contributed by atoms with Gasteiger partial charge in [0.1, 0.15) is 17.8 Å². The molecule has 6 heteroatoms. The second-order valence-electron chi connectivity index (χ2n) is 6.49. The van der Waals surface area contributed by atoms with E-state index in [9.17, 15) is 0 Å². The fraction of sp³-hybridized carbons (Fsp3) is 0.438. The van der Waals surface area contributed by atoms with Crippen LogP contribution in [0.2, 0.25) is 0 Å². The van der Waals surface area contributed by atoms with Crippen LogP contribution >= 0.6 is 11.3 Å². The summed E-state index contributed by atoms with van der Waals surface area (Å²) >= 11 is 1.65. The Morgan fingerprint density at radius 3 is 3.18 bits per heavy atom. The van der Waals surface area contributed by atoms with Gasteiger partial charge in [-0.1, -0.05) is 6.92 Å². The first-order valence-electron chi connectivity index (χ1n) is 7.76. The van der Waals surface area contributed by atoms with Crippen LogP contribution in [0.5, 0.6) is 0 Å². The van der Waals surface area contributed by atoms with E-state index in [1.807, 2.05) is 17.9 Å². The molecule has 2 unspecified atom stereocenters. The normalized spacial score (nSPS) is 26.6. The van der Waals surface area contributed by atoms with Crippen LogP contribution in [0.3, 0.4) is 0 Å². The standard InChI is InChI=1S/C16H17N5S/c1-2-16-3-10(16)6-21(7-16)15-13-11(12-5-17-9-22-12)4-18-14(13)19-8-20-15/h4-5,8-10H,2-3,6-7H2,1H3,(H,18,19,20). The van der Waals surface area contributed by atoms with Gasteiger partial charge >= 0.3 is 0 Å². The lowest BCUT2D eigenvalue weighted by atomic mass is 10.0. The van der Waals surface area contributed by atoms with Crippen molar-refractivity contribution >= 4 is 28.2 Å². The molecule has 0 spiro atoms. The number of H-pyrrole nitrogens is 1. The molecule has 5 nitrogen and oxygen atoms in total. The van der Waals surface area contributed by atoms with Crippen molar-refractivity contribution < 1.29 is 0 Å². The molecular formula is C16H17N5S. The Hall–Kier alpha value is -1.95. The van der Waals surface area contributed by atoms with Crippen molar-refractivity contribution in [2.24, 2.45) is 11.3 Å². The van der Waals surface area contributed by atoms with E-state index in [2.05, 4.69) is 31.8 Å². The molecule has 2 aliphatic rings. The summed E-state index contributed by atoms with van der Waals surface area (Å²) in [5.74, 6) is 1.93. The molecule has 0 bridgehead atoms. The molecule has 1 aliphatic heterocycles. The van der Waals surface area contributed by atoms with Crippen LogP contribution in [-0.4, -0.2) is 33.0 Å². The summed E-state index contributed by atoms with van der Waals surface area (Å²) < 4.78 is 0. The van der Waals surface area contributed by atoms with Crippen LogP contribution < -0.4 is 4.90 Å². The summed E-state index contributed by atoms with van der Waals surface area (Å²) in [4.78, 5) is 20.1. The van der Waals surface area contributed by atoms with E-state index in [0.717, 1.165) is 40.7 Å². The predicted molar refractivity (Wildman–Crippen MR) is 88.0 cm³/mol. The third-order valence-corrected chi connectivity index (χ3v) is 6.26. The number of hydrogen-bond donors (Lipinski definition) is 1. The van der Waals surface area contributed by atoms with Crippen molar-refractivity contribution in [2.45, 2.75) is 19.8 Å². The van der Waals surface area contributed by atoms with Gasteiger partial charge in [-0.25, -0.2) is 9.97 Å². The lowest BCUT2D eigenvalue weighted by molar-refractivity contribution is 0.509. The minimum atomic E-state index is 0.554. The molecule has 2 fully saturated rings. The van der Waals surface area contributed by atoms with Crippen LogP contribution in [0.4, 0.5) is 5.82 Å². The van der Waals surface area contributed by atoms with Crippen molar-refractivity contribution in [3.8, 4) is 10.4 Å². The molecule has 0 radical (unpaired) electrons. The summed E-state index contributed by atoms with van der Waals surface area (Å²) in [6.45, 7) is 4.58. The number of thiazole rings is 1. The van der Waals surface area contributed by atoms with E-state index in [1.54, 1.807) is 17.7 Å². The predicted octanol–water partition coefficient (Wildman–Crippen LogP) is 3.32. The van der Waals surface area contributed by atoms with Gasteiger partial charge in [0.25, 0.3) is 0 Å². The second kappa shape index (κ2) is 4.29. The van der Waals surface area contributed by atoms with Gasteiger partial charge in [-0.2, -0.15) is 0 Å². The minimum absolute atomic E-state index is 0.554. The number of aromatic amines is 1. The molecule has 1 saturated carbocycles. The number of piperidine rings is 1. The fourth-order valence-electron chi connectivity index (χ4n) is 4.03. The van der Waals surface area contributed by atoms with E-state index in [4.69, 9.17) is 0 Å². The smallest absolute Gasteiger partial charge is 0.143 e. The van der Waals surface area contributed by atoms with Gasteiger partial charge in [-0.3, -0.25) is 4.98 Å². The van der Waals surface area contributed by atoms with Crippen LogP contribution in [0.15, 0.2) is 24.2 Å². The lowest BCUT2D eigenvalue weighted by Gasteiger charge is -2.22. The van der Waals surface area contributed by atoms with E-state index >= 15 is 0 Å². The molecule has 3 aromatic heterocycles. The third-order valence-electron chi connectivity index (χ3n) is 5.46. The average Bonchev–Trinajstić information content (AvgIpc) is 3.04. The number of fused-ring (bicyclic) bond motifs is 2. The summed E-state index contributed by atoms with van der Waals surface area (Å²) in [7, 11) is 0. The lowest BCUT2D eigenvalue weighted by Crippen LogP contribution is -2.25. The molecule has 112 valence electrons. The molecule has 0 amide bonds. The average molecular weight is 311 g/mol. The van der Waals surface area contributed by atoms with Gasteiger partial charge < -0.3 is 9.88 Å². The highest BCUT2D eigenvalue weighted by molar-refractivity contribution is 7.13. The van der Waals surface area contributed by atoms with E-state index < -0.39 is 0 Å². The molecule has 2 atom stereocenters. The highest BCUT2D eigenvalue weighted by Gasteiger charge is 2.58. The molecule has 3 aromatic rings. The number of hydrogen-bond acceptors (Lipinski definition) is 5. The van der Waals surface area contributed by atoms with Crippen LogP contribution in [0.25, 0.3) is 21.5 Å². The number of anilines is 1. The highest BCUT2D eigenvalue weighted by Crippen LogP contribution is 2.60. The Kier molecular flexibility index (Phi) is 2.45. The highest BCUT2D eigenvalue weighted by atomic mass is 32.1. The van der Waals surface area contributed by atoms with Crippen molar-refractivity contribution in [1.82, 2.24) is 19.9 Å². The number of aromatic nitrogens is 4. The monoisotopic (exact) mass is 311 g/mol. The van der Waals surface area contributed by atoms with Crippen molar-refractivity contribution in [3.63, 3.8) is 0 Å². The Morgan fingerprint density at radius 2 is 2.41 bits per heavy atom. The summed E-state index contributed by atoms with van der Waals surface area (Å²) in [6.07, 6.45) is 8.29. The summed E-state index contributed by atoms with van der Waals surface area (Å²) in [5, 5.41) is 1.14. The molecule has 1 aliphatic carbocycles. The summed E-state index contributed by atoms with van der Waals surface area (Å²) in [5.41, 5.74) is 4.51. The molecule has 1 N–H and O–H groups in total. The zero-order valence-corrected chi connectivity index (χ0v) is 13.2. The molecular weight excluding hydrogens is 294 g/mol. The first kappa shape index (κ1) is 12.6.